The number of hydrogen-bond donors (Lipinski definition) is 0. The highest BCUT2D eigenvalue weighted by Gasteiger charge is 2.17. The van der Waals surface area contributed by atoms with Crippen LogP contribution < -0.4 is 0 Å². The third kappa shape index (κ3) is 2.09. The number of ether oxygens (including phenoxy) is 1. The number of rotatable bonds is 3. The smallest absolute Gasteiger partial charge is 0.321 e. The summed E-state index contributed by atoms with van der Waals surface area (Å²) in [4.78, 5) is 10.9. The minimum absolute atomic E-state index is 0.292. The Labute approximate surface area is 101 Å². The average molecular weight is 283 g/mol. The second-order valence-corrected chi connectivity index (χ2v) is 4.48. The lowest BCUT2D eigenvalue weighted by molar-refractivity contribution is -0.140. The second kappa shape index (κ2) is 4.65. The van der Waals surface area contributed by atoms with Gasteiger partial charge in [0.2, 0.25) is 0 Å². The Morgan fingerprint density at radius 3 is 3.06 bits per heavy atom. The molecule has 2 rings (SSSR count). The number of alkyl halides is 1. The van der Waals surface area contributed by atoms with Crippen LogP contribution in [0.3, 0.4) is 0 Å². The van der Waals surface area contributed by atoms with Crippen LogP contribution in [0.1, 0.15) is 0 Å². The van der Waals surface area contributed by atoms with Gasteiger partial charge in [-0.3, -0.25) is 9.48 Å². The maximum absolute atomic E-state index is 11.3. The summed E-state index contributed by atoms with van der Waals surface area (Å²) in [5.41, 5.74) is 1.01. The van der Waals surface area contributed by atoms with E-state index in [1.807, 2.05) is 24.3 Å². The zero-order chi connectivity index (χ0) is 11.5. The Bertz CT molecular complexity index is 509. The SMILES string of the molecule is COC(=O)C(Br)Cn1ncc2ccccc21. The Kier molecular flexibility index (Phi) is 3.24. The van der Waals surface area contributed by atoms with Crippen LogP contribution in [0.15, 0.2) is 30.5 Å². The molecule has 5 heteroatoms. The maximum atomic E-state index is 11.3. The summed E-state index contributed by atoms with van der Waals surface area (Å²) in [6.45, 7) is 0.459. The first-order valence-corrected chi connectivity index (χ1v) is 5.76. The lowest BCUT2D eigenvalue weighted by Crippen LogP contribution is -2.22. The lowest BCUT2D eigenvalue weighted by Gasteiger charge is -2.08. The van der Waals surface area contributed by atoms with Gasteiger partial charge in [-0.25, -0.2) is 0 Å². The van der Waals surface area contributed by atoms with Crippen molar-refractivity contribution in [2.75, 3.05) is 7.11 Å². The van der Waals surface area contributed by atoms with Gasteiger partial charge in [-0.05, 0) is 6.07 Å². The van der Waals surface area contributed by atoms with E-state index in [9.17, 15) is 4.79 Å². The molecule has 84 valence electrons. The molecule has 0 aliphatic carbocycles. The van der Waals surface area contributed by atoms with E-state index >= 15 is 0 Å². The topological polar surface area (TPSA) is 44.1 Å². The van der Waals surface area contributed by atoms with E-state index in [0.717, 1.165) is 10.9 Å². The van der Waals surface area contributed by atoms with Crippen LogP contribution in [-0.4, -0.2) is 27.7 Å². The molecule has 0 saturated heterocycles. The molecule has 2 aromatic rings. The zero-order valence-corrected chi connectivity index (χ0v) is 10.3. The maximum Gasteiger partial charge on any atom is 0.321 e. The number of para-hydroxylation sites is 1. The van der Waals surface area contributed by atoms with E-state index in [-0.39, 0.29) is 10.8 Å². The lowest BCUT2D eigenvalue weighted by atomic mass is 10.2. The van der Waals surface area contributed by atoms with Gasteiger partial charge in [-0.15, -0.1) is 0 Å². The van der Waals surface area contributed by atoms with Crippen LogP contribution in [0, 0.1) is 0 Å². The van der Waals surface area contributed by atoms with Gasteiger partial charge in [0, 0.05) is 5.39 Å². The Morgan fingerprint density at radius 1 is 1.56 bits per heavy atom. The first kappa shape index (κ1) is 11.1. The molecule has 0 saturated carbocycles. The van der Waals surface area contributed by atoms with Crippen LogP contribution >= 0.6 is 15.9 Å². The van der Waals surface area contributed by atoms with Gasteiger partial charge in [0.05, 0.1) is 25.4 Å². The fourth-order valence-electron chi connectivity index (χ4n) is 1.53. The van der Waals surface area contributed by atoms with Crippen molar-refractivity contribution < 1.29 is 9.53 Å². The molecule has 0 amide bonds. The second-order valence-electron chi connectivity index (χ2n) is 3.38. The first-order valence-electron chi connectivity index (χ1n) is 4.85. The molecule has 0 bridgehead atoms. The fourth-order valence-corrected chi connectivity index (χ4v) is 1.99. The number of carbonyl (C=O) groups excluding carboxylic acids is 1. The normalized spacial score (nSPS) is 12.6. The average Bonchev–Trinajstić information content (AvgIpc) is 2.72. The van der Waals surface area contributed by atoms with Crippen molar-refractivity contribution in [3.05, 3.63) is 30.5 Å². The molecule has 1 aromatic carbocycles. The Morgan fingerprint density at radius 2 is 2.31 bits per heavy atom. The summed E-state index contributed by atoms with van der Waals surface area (Å²) < 4.78 is 6.43. The van der Waals surface area contributed by atoms with Crippen molar-refractivity contribution in [3.63, 3.8) is 0 Å². The van der Waals surface area contributed by atoms with Crippen LogP contribution in [-0.2, 0) is 16.1 Å². The predicted molar refractivity (Wildman–Crippen MR) is 64.5 cm³/mol. The third-order valence-electron chi connectivity index (χ3n) is 2.34. The minimum atomic E-state index is -0.374. The number of hydrogen-bond acceptors (Lipinski definition) is 3. The Hall–Kier alpha value is -1.36. The molecule has 0 spiro atoms. The van der Waals surface area contributed by atoms with Crippen molar-refractivity contribution in [1.29, 1.82) is 0 Å². The molecule has 16 heavy (non-hydrogen) atoms. The van der Waals surface area contributed by atoms with Gasteiger partial charge in [-0.1, -0.05) is 34.1 Å². The number of halogens is 1. The van der Waals surface area contributed by atoms with Gasteiger partial charge in [0.25, 0.3) is 0 Å². The molecule has 0 aliphatic heterocycles. The van der Waals surface area contributed by atoms with Crippen LogP contribution in [0.2, 0.25) is 0 Å². The summed E-state index contributed by atoms with van der Waals surface area (Å²) >= 11 is 3.28. The van der Waals surface area contributed by atoms with E-state index < -0.39 is 0 Å². The summed E-state index contributed by atoms with van der Waals surface area (Å²) in [5.74, 6) is -0.292. The summed E-state index contributed by atoms with van der Waals surface area (Å²) in [5, 5.41) is 5.29. The van der Waals surface area contributed by atoms with Crippen molar-refractivity contribution in [2.24, 2.45) is 0 Å². The number of esters is 1. The van der Waals surface area contributed by atoms with E-state index in [4.69, 9.17) is 0 Å². The van der Waals surface area contributed by atoms with Crippen molar-refractivity contribution in [2.45, 2.75) is 11.4 Å². The molecular weight excluding hydrogens is 272 g/mol. The third-order valence-corrected chi connectivity index (χ3v) is 3.00. The molecular formula is C11H11BrN2O2. The molecule has 0 radical (unpaired) electrons. The quantitative estimate of drug-likeness (QED) is 0.639. The number of carbonyl (C=O) groups is 1. The minimum Gasteiger partial charge on any atom is -0.468 e. The monoisotopic (exact) mass is 282 g/mol. The molecule has 0 aliphatic rings. The van der Waals surface area contributed by atoms with E-state index in [0.29, 0.717) is 6.54 Å². The first-order chi connectivity index (χ1) is 7.72. The number of aromatic nitrogens is 2. The molecule has 0 N–H and O–H groups in total. The van der Waals surface area contributed by atoms with Gasteiger partial charge >= 0.3 is 5.97 Å². The number of fused-ring (bicyclic) bond motifs is 1. The molecule has 1 aromatic heterocycles. The predicted octanol–water partition coefficient (Wildman–Crippen LogP) is 1.97. The fraction of sp³-hybridized carbons (Fsp3) is 0.273. The molecule has 1 unspecified atom stereocenters. The van der Waals surface area contributed by atoms with Gasteiger partial charge < -0.3 is 4.74 Å². The number of methoxy groups -OCH3 is 1. The largest absolute Gasteiger partial charge is 0.468 e. The van der Waals surface area contributed by atoms with Crippen LogP contribution in [0.5, 0.6) is 0 Å². The van der Waals surface area contributed by atoms with Crippen molar-refractivity contribution >= 4 is 32.8 Å². The van der Waals surface area contributed by atoms with E-state index in [2.05, 4.69) is 25.8 Å². The van der Waals surface area contributed by atoms with E-state index in [1.165, 1.54) is 7.11 Å². The molecule has 4 nitrogen and oxygen atoms in total. The summed E-state index contributed by atoms with van der Waals surface area (Å²) in [6.07, 6.45) is 1.78. The highest BCUT2D eigenvalue weighted by molar-refractivity contribution is 9.10. The van der Waals surface area contributed by atoms with Crippen LogP contribution in [0.25, 0.3) is 10.9 Å². The Balaban J connectivity index is 2.24. The van der Waals surface area contributed by atoms with Gasteiger partial charge in [-0.2, -0.15) is 5.10 Å². The molecule has 0 fully saturated rings. The zero-order valence-electron chi connectivity index (χ0n) is 8.76. The van der Waals surface area contributed by atoms with E-state index in [1.54, 1.807) is 10.9 Å². The summed E-state index contributed by atoms with van der Waals surface area (Å²) in [6, 6.07) is 7.86. The van der Waals surface area contributed by atoms with Crippen molar-refractivity contribution in [3.8, 4) is 0 Å². The summed E-state index contributed by atoms with van der Waals surface area (Å²) in [7, 11) is 1.37. The van der Waals surface area contributed by atoms with Gasteiger partial charge in [0.15, 0.2) is 0 Å². The standard InChI is InChI=1S/C11H11BrN2O2/c1-16-11(15)9(12)7-14-10-5-3-2-4-8(10)6-13-14/h2-6,9H,7H2,1H3. The highest BCUT2D eigenvalue weighted by atomic mass is 79.9. The number of nitrogens with zero attached hydrogens (tertiary/aromatic N) is 2. The molecule has 1 atom stereocenters. The highest BCUT2D eigenvalue weighted by Crippen LogP contribution is 2.15. The number of benzene rings is 1. The molecule has 1 heterocycles. The van der Waals surface area contributed by atoms with Gasteiger partial charge in [0.1, 0.15) is 4.83 Å². The van der Waals surface area contributed by atoms with Crippen LogP contribution in [0.4, 0.5) is 0 Å². The van der Waals surface area contributed by atoms with Crippen molar-refractivity contribution in [1.82, 2.24) is 9.78 Å².